The third-order valence-electron chi connectivity index (χ3n) is 6.48. The molecule has 4 rings (SSSR count). The first-order valence-corrected chi connectivity index (χ1v) is 12.8. The van der Waals surface area contributed by atoms with Crippen LogP contribution in [0, 0.1) is 0 Å². The first kappa shape index (κ1) is 23.6. The Morgan fingerprint density at radius 3 is 2.61 bits per heavy atom. The number of thioether (sulfide) groups is 1. The van der Waals surface area contributed by atoms with Gasteiger partial charge in [0.25, 0.3) is 5.91 Å². The molecule has 2 aromatic carbocycles. The SMILES string of the molecule is CN(C(=O)CSc1ccccc1C(=O)Nc1cccc(N2CCOCC2)c1)C1CCCCC1. The fraction of sp³-hybridized carbons (Fsp3) is 0.462. The lowest BCUT2D eigenvalue weighted by molar-refractivity contribution is -0.129. The fourth-order valence-electron chi connectivity index (χ4n) is 4.49. The molecule has 0 atom stereocenters. The Morgan fingerprint density at radius 1 is 1.06 bits per heavy atom. The molecule has 1 N–H and O–H groups in total. The summed E-state index contributed by atoms with van der Waals surface area (Å²) in [7, 11) is 1.92. The third kappa shape index (κ3) is 6.30. The molecule has 0 spiro atoms. The standard InChI is InChI=1S/C26H33N3O3S/c1-28(21-9-3-2-4-10-21)25(30)19-33-24-13-6-5-12-23(24)26(31)27-20-8-7-11-22(18-20)29-14-16-32-17-15-29/h5-8,11-13,18,21H,2-4,9-10,14-17,19H2,1H3,(H,27,31). The molecule has 7 heteroatoms. The van der Waals surface area contributed by atoms with Crippen molar-refractivity contribution in [1.29, 1.82) is 0 Å². The van der Waals surface area contributed by atoms with Crippen LogP contribution in [0.25, 0.3) is 0 Å². The number of anilines is 2. The predicted octanol–water partition coefficient (Wildman–Crippen LogP) is 4.66. The number of benzene rings is 2. The summed E-state index contributed by atoms with van der Waals surface area (Å²) in [6.07, 6.45) is 5.85. The number of morpholine rings is 1. The van der Waals surface area contributed by atoms with Crippen molar-refractivity contribution in [1.82, 2.24) is 4.90 Å². The van der Waals surface area contributed by atoms with Gasteiger partial charge in [-0.05, 0) is 43.2 Å². The number of hydrogen-bond acceptors (Lipinski definition) is 5. The second-order valence-corrected chi connectivity index (χ2v) is 9.70. The molecule has 1 aliphatic carbocycles. The van der Waals surface area contributed by atoms with E-state index in [0.717, 1.165) is 55.4 Å². The maximum atomic E-state index is 13.1. The highest BCUT2D eigenvalue weighted by molar-refractivity contribution is 8.00. The zero-order chi connectivity index (χ0) is 23.0. The second kappa shape index (κ2) is 11.6. The van der Waals surface area contributed by atoms with Crippen molar-refractivity contribution in [3.05, 3.63) is 54.1 Å². The van der Waals surface area contributed by atoms with Gasteiger partial charge >= 0.3 is 0 Å². The number of carbonyl (C=O) groups is 2. The third-order valence-corrected chi connectivity index (χ3v) is 7.54. The Hall–Kier alpha value is -2.51. The lowest BCUT2D eigenvalue weighted by Crippen LogP contribution is -2.39. The minimum atomic E-state index is -0.162. The summed E-state index contributed by atoms with van der Waals surface area (Å²) in [5.74, 6) is 0.301. The Labute approximate surface area is 200 Å². The van der Waals surface area contributed by atoms with Crippen molar-refractivity contribution >= 4 is 35.0 Å². The molecule has 2 aromatic rings. The van der Waals surface area contributed by atoms with Gasteiger partial charge in [0.2, 0.25) is 5.91 Å². The molecule has 1 heterocycles. The van der Waals surface area contributed by atoms with Crippen molar-refractivity contribution in [2.75, 3.05) is 49.3 Å². The molecule has 1 aliphatic heterocycles. The van der Waals surface area contributed by atoms with Gasteiger partial charge in [0.1, 0.15) is 0 Å². The minimum absolute atomic E-state index is 0.125. The summed E-state index contributed by atoms with van der Waals surface area (Å²) in [5, 5.41) is 3.03. The molecule has 33 heavy (non-hydrogen) atoms. The molecule has 0 unspecified atom stereocenters. The molecule has 0 bridgehead atoms. The lowest BCUT2D eigenvalue weighted by atomic mass is 9.94. The largest absolute Gasteiger partial charge is 0.378 e. The highest BCUT2D eigenvalue weighted by Crippen LogP contribution is 2.27. The summed E-state index contributed by atoms with van der Waals surface area (Å²) < 4.78 is 5.44. The number of nitrogens with zero attached hydrogens (tertiary/aromatic N) is 2. The fourth-order valence-corrected chi connectivity index (χ4v) is 5.47. The first-order chi connectivity index (χ1) is 16.1. The van der Waals surface area contributed by atoms with Crippen molar-refractivity contribution in [3.63, 3.8) is 0 Å². The molecule has 2 fully saturated rings. The molecule has 1 saturated carbocycles. The van der Waals surface area contributed by atoms with Crippen LogP contribution >= 0.6 is 11.8 Å². The van der Waals surface area contributed by atoms with E-state index in [4.69, 9.17) is 4.74 Å². The minimum Gasteiger partial charge on any atom is -0.378 e. The van der Waals surface area contributed by atoms with Gasteiger partial charge in [0.05, 0.1) is 24.5 Å². The zero-order valence-corrected chi connectivity index (χ0v) is 20.1. The Bertz CT molecular complexity index is 955. The average Bonchev–Trinajstić information content (AvgIpc) is 2.88. The Morgan fingerprint density at radius 2 is 1.82 bits per heavy atom. The van der Waals surface area contributed by atoms with Crippen LogP contribution in [-0.4, -0.2) is 61.9 Å². The van der Waals surface area contributed by atoms with Gasteiger partial charge in [0.15, 0.2) is 0 Å². The van der Waals surface area contributed by atoms with Crippen LogP contribution in [-0.2, 0) is 9.53 Å². The van der Waals surface area contributed by atoms with Crippen LogP contribution in [0.15, 0.2) is 53.4 Å². The van der Waals surface area contributed by atoms with Crippen LogP contribution in [0.3, 0.4) is 0 Å². The van der Waals surface area contributed by atoms with Gasteiger partial charge in [-0.25, -0.2) is 0 Å². The summed E-state index contributed by atoms with van der Waals surface area (Å²) in [4.78, 5) is 30.9. The number of amides is 2. The van der Waals surface area contributed by atoms with Crippen molar-refractivity contribution in [2.45, 2.75) is 43.0 Å². The van der Waals surface area contributed by atoms with E-state index in [-0.39, 0.29) is 11.8 Å². The van der Waals surface area contributed by atoms with Gasteiger partial charge in [-0.15, -0.1) is 11.8 Å². The van der Waals surface area contributed by atoms with Crippen molar-refractivity contribution in [2.24, 2.45) is 0 Å². The molecule has 2 amide bonds. The highest BCUT2D eigenvalue weighted by atomic mass is 32.2. The number of rotatable bonds is 7. The predicted molar refractivity (Wildman–Crippen MR) is 134 cm³/mol. The number of ether oxygens (including phenoxy) is 1. The quantitative estimate of drug-likeness (QED) is 0.600. The second-order valence-electron chi connectivity index (χ2n) is 8.69. The van der Waals surface area contributed by atoms with Crippen LogP contribution in [0.2, 0.25) is 0 Å². The highest BCUT2D eigenvalue weighted by Gasteiger charge is 2.22. The molecule has 1 saturated heterocycles. The summed E-state index contributed by atoms with van der Waals surface area (Å²) in [6.45, 7) is 3.13. The van der Waals surface area contributed by atoms with Gasteiger partial charge in [-0.1, -0.05) is 37.5 Å². The monoisotopic (exact) mass is 467 g/mol. The molecule has 0 radical (unpaired) electrons. The van der Waals surface area contributed by atoms with E-state index in [1.807, 2.05) is 54.4 Å². The smallest absolute Gasteiger partial charge is 0.256 e. The van der Waals surface area contributed by atoms with Gasteiger partial charge in [0, 0.05) is 42.4 Å². The normalized spacial score (nSPS) is 16.9. The average molecular weight is 468 g/mol. The van der Waals surface area contributed by atoms with E-state index in [9.17, 15) is 9.59 Å². The molecule has 6 nitrogen and oxygen atoms in total. The molecule has 0 aromatic heterocycles. The molecule has 176 valence electrons. The molecule has 2 aliphatic rings. The summed E-state index contributed by atoms with van der Waals surface area (Å²) in [6, 6.07) is 15.8. The van der Waals surface area contributed by atoms with E-state index in [0.29, 0.717) is 17.4 Å². The number of carbonyl (C=O) groups excluding carboxylic acids is 2. The van der Waals surface area contributed by atoms with Crippen LogP contribution in [0.4, 0.5) is 11.4 Å². The van der Waals surface area contributed by atoms with E-state index < -0.39 is 0 Å². The topological polar surface area (TPSA) is 61.9 Å². The van der Waals surface area contributed by atoms with Gasteiger partial charge < -0.3 is 19.9 Å². The number of nitrogens with one attached hydrogen (secondary N) is 1. The lowest BCUT2D eigenvalue weighted by Gasteiger charge is -2.31. The molecular weight excluding hydrogens is 434 g/mol. The van der Waals surface area contributed by atoms with Crippen molar-refractivity contribution < 1.29 is 14.3 Å². The van der Waals surface area contributed by atoms with E-state index in [1.54, 1.807) is 0 Å². The Kier molecular flexibility index (Phi) is 8.29. The molecular formula is C26H33N3O3S. The van der Waals surface area contributed by atoms with Gasteiger partial charge in [-0.2, -0.15) is 0 Å². The summed E-state index contributed by atoms with van der Waals surface area (Å²) in [5.41, 5.74) is 2.43. The maximum absolute atomic E-state index is 13.1. The summed E-state index contributed by atoms with van der Waals surface area (Å²) >= 11 is 1.44. The van der Waals surface area contributed by atoms with E-state index in [1.165, 1.54) is 31.0 Å². The Balaban J connectivity index is 1.38. The van der Waals surface area contributed by atoms with E-state index in [2.05, 4.69) is 16.3 Å². The van der Waals surface area contributed by atoms with Crippen molar-refractivity contribution in [3.8, 4) is 0 Å². The van der Waals surface area contributed by atoms with Crippen LogP contribution < -0.4 is 10.2 Å². The number of hydrogen-bond donors (Lipinski definition) is 1. The first-order valence-electron chi connectivity index (χ1n) is 11.8. The maximum Gasteiger partial charge on any atom is 0.256 e. The van der Waals surface area contributed by atoms with Crippen LogP contribution in [0.5, 0.6) is 0 Å². The zero-order valence-electron chi connectivity index (χ0n) is 19.3. The van der Waals surface area contributed by atoms with Crippen LogP contribution in [0.1, 0.15) is 42.5 Å². The van der Waals surface area contributed by atoms with E-state index >= 15 is 0 Å². The van der Waals surface area contributed by atoms with Gasteiger partial charge in [-0.3, -0.25) is 9.59 Å².